The predicted octanol–water partition coefficient (Wildman–Crippen LogP) is 4.86. The highest BCUT2D eigenvalue weighted by Gasteiger charge is 2.15. The number of nitrogens with zero attached hydrogens (tertiary/aromatic N) is 1. The van der Waals surface area contributed by atoms with Crippen molar-refractivity contribution in [1.82, 2.24) is 0 Å². The first-order valence-electron chi connectivity index (χ1n) is 7.22. The molecule has 0 aliphatic rings. The molecule has 0 saturated carbocycles. The van der Waals surface area contributed by atoms with Gasteiger partial charge in [0.05, 0.1) is 11.5 Å². The van der Waals surface area contributed by atoms with Crippen molar-refractivity contribution in [3.05, 3.63) is 34.1 Å². The van der Waals surface area contributed by atoms with E-state index in [-0.39, 0.29) is 11.4 Å². The molecular weight excluding hydrogens is 261 g/mol. The van der Waals surface area contributed by atoms with Gasteiger partial charge in [0.25, 0.3) is 0 Å². The number of rotatable bonds is 10. The summed E-state index contributed by atoms with van der Waals surface area (Å²) >= 11 is 0. The topological polar surface area (TPSA) is 52.4 Å². The number of ether oxygens (including phenoxy) is 1. The van der Waals surface area contributed by atoms with Crippen molar-refractivity contribution in [2.75, 3.05) is 6.61 Å². The number of hydrogen-bond acceptors (Lipinski definition) is 3. The summed E-state index contributed by atoms with van der Waals surface area (Å²) in [6, 6.07) is 3.27. The summed E-state index contributed by atoms with van der Waals surface area (Å²) in [6.45, 7) is 2.57. The fourth-order valence-corrected chi connectivity index (χ4v) is 2.00. The highest BCUT2D eigenvalue weighted by Crippen LogP contribution is 2.27. The van der Waals surface area contributed by atoms with Gasteiger partial charge in [0.1, 0.15) is 5.82 Å². The van der Waals surface area contributed by atoms with E-state index < -0.39 is 10.7 Å². The van der Waals surface area contributed by atoms with Crippen LogP contribution in [0.1, 0.15) is 51.9 Å². The number of hydrogen-bond donors (Lipinski definition) is 0. The maximum Gasteiger partial charge on any atom is 0.311 e. The molecule has 1 aromatic carbocycles. The zero-order valence-corrected chi connectivity index (χ0v) is 11.9. The molecule has 5 heteroatoms. The van der Waals surface area contributed by atoms with E-state index in [0.29, 0.717) is 6.61 Å². The van der Waals surface area contributed by atoms with Gasteiger partial charge in [-0.05, 0) is 12.5 Å². The van der Waals surface area contributed by atoms with Crippen molar-refractivity contribution < 1.29 is 14.1 Å². The SMILES string of the molecule is CCCCCCCCCOc1cc(F)ccc1[N+](=O)[O-]. The second-order valence-corrected chi connectivity index (χ2v) is 4.84. The first-order valence-corrected chi connectivity index (χ1v) is 7.22. The minimum atomic E-state index is -0.556. The maximum atomic E-state index is 13.1. The number of nitro groups is 1. The second kappa shape index (κ2) is 9.28. The van der Waals surface area contributed by atoms with Crippen molar-refractivity contribution in [2.24, 2.45) is 0 Å². The standard InChI is InChI=1S/C15H22FNO3/c1-2-3-4-5-6-7-8-11-20-15-12-13(16)9-10-14(15)17(18)19/h9-10,12H,2-8,11H2,1H3. The van der Waals surface area contributed by atoms with Crippen LogP contribution >= 0.6 is 0 Å². The molecule has 1 rings (SSSR count). The monoisotopic (exact) mass is 283 g/mol. The van der Waals surface area contributed by atoms with Gasteiger partial charge in [-0.25, -0.2) is 4.39 Å². The average molecular weight is 283 g/mol. The Morgan fingerprint density at radius 1 is 1.15 bits per heavy atom. The van der Waals surface area contributed by atoms with Crippen LogP contribution in [0.5, 0.6) is 5.75 Å². The normalized spacial score (nSPS) is 10.5. The molecule has 0 aliphatic carbocycles. The first kappa shape index (κ1) is 16.4. The summed E-state index contributed by atoms with van der Waals surface area (Å²) in [7, 11) is 0. The molecule has 0 spiro atoms. The van der Waals surface area contributed by atoms with E-state index in [9.17, 15) is 14.5 Å². The lowest BCUT2D eigenvalue weighted by molar-refractivity contribution is -0.385. The summed E-state index contributed by atoms with van der Waals surface area (Å²) in [5.41, 5.74) is -0.186. The van der Waals surface area contributed by atoms with Gasteiger partial charge in [0, 0.05) is 12.1 Å². The average Bonchev–Trinajstić information content (AvgIpc) is 2.41. The summed E-state index contributed by atoms with van der Waals surface area (Å²) < 4.78 is 18.4. The molecule has 0 radical (unpaired) electrons. The number of halogens is 1. The van der Waals surface area contributed by atoms with Gasteiger partial charge in [0.15, 0.2) is 5.75 Å². The van der Waals surface area contributed by atoms with E-state index in [1.54, 1.807) is 0 Å². The molecule has 0 atom stereocenters. The van der Waals surface area contributed by atoms with Crippen molar-refractivity contribution in [3.63, 3.8) is 0 Å². The lowest BCUT2D eigenvalue weighted by Crippen LogP contribution is -2.01. The second-order valence-electron chi connectivity index (χ2n) is 4.84. The van der Waals surface area contributed by atoms with Crippen LogP contribution in [-0.2, 0) is 0 Å². The molecule has 0 fully saturated rings. The van der Waals surface area contributed by atoms with Crippen molar-refractivity contribution in [1.29, 1.82) is 0 Å². The molecule has 0 heterocycles. The first-order chi connectivity index (χ1) is 9.65. The molecule has 0 bridgehead atoms. The third kappa shape index (κ3) is 5.99. The van der Waals surface area contributed by atoms with Gasteiger partial charge >= 0.3 is 5.69 Å². The molecule has 0 amide bonds. The summed E-state index contributed by atoms with van der Waals surface area (Å²) in [5.74, 6) is -0.508. The van der Waals surface area contributed by atoms with Crippen molar-refractivity contribution >= 4 is 5.69 Å². The van der Waals surface area contributed by atoms with Gasteiger partial charge in [0.2, 0.25) is 0 Å². The molecule has 1 aromatic rings. The fourth-order valence-electron chi connectivity index (χ4n) is 2.00. The van der Waals surface area contributed by atoms with E-state index in [0.717, 1.165) is 37.5 Å². The van der Waals surface area contributed by atoms with Crippen LogP contribution in [0, 0.1) is 15.9 Å². The van der Waals surface area contributed by atoms with Gasteiger partial charge in [-0.3, -0.25) is 10.1 Å². The number of nitro benzene ring substituents is 1. The molecular formula is C15H22FNO3. The highest BCUT2D eigenvalue weighted by molar-refractivity contribution is 5.46. The maximum absolute atomic E-state index is 13.1. The molecule has 4 nitrogen and oxygen atoms in total. The Bertz CT molecular complexity index is 424. The lowest BCUT2D eigenvalue weighted by Gasteiger charge is -2.06. The van der Waals surface area contributed by atoms with Crippen LogP contribution in [0.4, 0.5) is 10.1 Å². The Morgan fingerprint density at radius 2 is 1.80 bits per heavy atom. The van der Waals surface area contributed by atoms with Gasteiger partial charge in [-0.15, -0.1) is 0 Å². The predicted molar refractivity (Wildman–Crippen MR) is 76.5 cm³/mol. The van der Waals surface area contributed by atoms with Crippen LogP contribution < -0.4 is 4.74 Å². The Balaban J connectivity index is 2.28. The Morgan fingerprint density at radius 3 is 2.45 bits per heavy atom. The minimum absolute atomic E-state index is 0.0148. The Kier molecular flexibility index (Phi) is 7.62. The minimum Gasteiger partial charge on any atom is -0.487 e. The lowest BCUT2D eigenvalue weighted by atomic mass is 10.1. The smallest absolute Gasteiger partial charge is 0.311 e. The van der Waals surface area contributed by atoms with Crippen LogP contribution in [0.3, 0.4) is 0 Å². The molecule has 20 heavy (non-hydrogen) atoms. The van der Waals surface area contributed by atoms with Gasteiger partial charge in [-0.2, -0.15) is 0 Å². The molecule has 0 aliphatic heterocycles. The third-order valence-corrected chi connectivity index (χ3v) is 3.12. The van der Waals surface area contributed by atoms with E-state index in [1.165, 1.54) is 25.7 Å². The number of unbranched alkanes of at least 4 members (excludes halogenated alkanes) is 6. The van der Waals surface area contributed by atoms with Crippen LogP contribution in [-0.4, -0.2) is 11.5 Å². The number of benzene rings is 1. The van der Waals surface area contributed by atoms with Gasteiger partial charge < -0.3 is 4.74 Å². The molecule has 112 valence electrons. The van der Waals surface area contributed by atoms with Crippen LogP contribution in [0.15, 0.2) is 18.2 Å². The van der Waals surface area contributed by atoms with E-state index in [4.69, 9.17) is 4.74 Å². The zero-order valence-electron chi connectivity index (χ0n) is 11.9. The summed E-state index contributed by atoms with van der Waals surface area (Å²) in [6.07, 6.45) is 7.99. The fraction of sp³-hybridized carbons (Fsp3) is 0.600. The van der Waals surface area contributed by atoms with Crippen LogP contribution in [0.25, 0.3) is 0 Å². The van der Waals surface area contributed by atoms with E-state index in [2.05, 4.69) is 6.92 Å². The molecule has 0 N–H and O–H groups in total. The largest absolute Gasteiger partial charge is 0.487 e. The molecule has 0 aromatic heterocycles. The van der Waals surface area contributed by atoms with E-state index in [1.807, 2.05) is 0 Å². The van der Waals surface area contributed by atoms with Crippen molar-refractivity contribution in [2.45, 2.75) is 51.9 Å². The molecule has 0 unspecified atom stereocenters. The highest BCUT2D eigenvalue weighted by atomic mass is 19.1. The van der Waals surface area contributed by atoms with Gasteiger partial charge in [-0.1, -0.05) is 45.4 Å². The summed E-state index contributed by atoms with van der Waals surface area (Å²) in [5, 5.41) is 10.8. The van der Waals surface area contributed by atoms with Crippen LogP contribution in [0.2, 0.25) is 0 Å². The Labute approximate surface area is 119 Å². The third-order valence-electron chi connectivity index (χ3n) is 3.12. The summed E-state index contributed by atoms with van der Waals surface area (Å²) in [4.78, 5) is 10.2. The van der Waals surface area contributed by atoms with Crippen molar-refractivity contribution in [3.8, 4) is 5.75 Å². The molecule has 0 saturated heterocycles. The Hall–Kier alpha value is -1.65. The zero-order chi connectivity index (χ0) is 14.8. The quantitative estimate of drug-likeness (QED) is 0.350. The van der Waals surface area contributed by atoms with E-state index >= 15 is 0 Å².